The molecule has 0 saturated carbocycles. The summed E-state index contributed by atoms with van der Waals surface area (Å²) in [6.45, 7) is 0.250. The minimum Gasteiger partial charge on any atom is -0.507 e. The molecule has 2 heterocycles. The van der Waals surface area contributed by atoms with Crippen molar-refractivity contribution in [2.45, 2.75) is 13.5 Å². The van der Waals surface area contributed by atoms with Gasteiger partial charge in [0.05, 0.1) is 37.5 Å². The number of phenolic OH excluding ortho intramolecular Hbond substituents is 1. The van der Waals surface area contributed by atoms with Gasteiger partial charge in [0.2, 0.25) is 6.41 Å². The van der Waals surface area contributed by atoms with Crippen molar-refractivity contribution in [2.24, 2.45) is 0 Å². The second-order valence-electron chi connectivity index (χ2n) is 7.65. The number of cyclic esters (lactones) is 1. The molecule has 2 saturated heterocycles. The number of nitrogens with one attached hydrogen (secondary N) is 1. The Hall–Kier alpha value is -3.93. The summed E-state index contributed by atoms with van der Waals surface area (Å²) in [5.41, 5.74) is -0.271. The lowest BCUT2D eigenvalue weighted by molar-refractivity contribution is -0.111. The molecule has 35 heavy (non-hydrogen) atoms. The van der Waals surface area contributed by atoms with Crippen molar-refractivity contribution in [1.29, 1.82) is 0 Å². The van der Waals surface area contributed by atoms with Gasteiger partial charge >= 0.3 is 6.09 Å². The zero-order chi connectivity index (χ0) is 24.2. The second-order valence-corrected chi connectivity index (χ2v) is 7.65. The largest absolute Gasteiger partial charge is 0.507 e. The lowest BCUT2D eigenvalue weighted by Crippen LogP contribution is -2.35. The first-order valence-corrected chi connectivity index (χ1v) is 10.5. The summed E-state index contributed by atoms with van der Waals surface area (Å²) in [6, 6.07) is 8.07. The molecular formula is C23H26F2N4O6. The molecule has 1 atom stereocenters. The number of anilines is 2. The van der Waals surface area contributed by atoms with Gasteiger partial charge in [0, 0.05) is 25.2 Å². The molecule has 2 aromatic carbocycles. The van der Waals surface area contributed by atoms with Crippen LogP contribution in [0.2, 0.25) is 0 Å². The molecule has 0 bridgehead atoms. The molecule has 0 unspecified atom stereocenters. The normalized spacial score (nSPS) is 17.9. The third-order valence-electron chi connectivity index (χ3n) is 5.47. The van der Waals surface area contributed by atoms with Crippen molar-refractivity contribution < 1.29 is 37.8 Å². The molecule has 10 nitrogen and oxygen atoms in total. The Balaban J connectivity index is 0.00000342. The van der Waals surface area contributed by atoms with Gasteiger partial charge < -0.3 is 20.1 Å². The second kappa shape index (κ2) is 11.0. The molecule has 12 heteroatoms. The SMILES string of the molecule is C.O=CNC[C@H]1CN(c2cc(F)c(N3CCON(C(=O)c4ccccc4O)CC3)c(F)c2)C(=O)O1. The van der Waals surface area contributed by atoms with Crippen LogP contribution in [-0.4, -0.2) is 74.0 Å². The van der Waals surface area contributed by atoms with Crippen LogP contribution in [0.4, 0.5) is 25.0 Å². The van der Waals surface area contributed by atoms with E-state index < -0.39 is 29.7 Å². The fourth-order valence-corrected chi connectivity index (χ4v) is 3.85. The summed E-state index contributed by atoms with van der Waals surface area (Å²) >= 11 is 0. The van der Waals surface area contributed by atoms with Crippen LogP contribution in [0, 0.1) is 11.6 Å². The molecule has 2 aliphatic heterocycles. The Kier molecular flexibility index (Phi) is 8.07. The summed E-state index contributed by atoms with van der Waals surface area (Å²) in [7, 11) is 0. The summed E-state index contributed by atoms with van der Waals surface area (Å²) in [6.07, 6.45) is -0.947. The van der Waals surface area contributed by atoms with E-state index in [1.165, 1.54) is 17.0 Å². The Bertz CT molecular complexity index is 1080. The first kappa shape index (κ1) is 25.7. The molecule has 3 amide bonds. The molecular weight excluding hydrogens is 466 g/mol. The van der Waals surface area contributed by atoms with E-state index in [4.69, 9.17) is 9.57 Å². The van der Waals surface area contributed by atoms with Gasteiger partial charge in [-0.15, -0.1) is 0 Å². The fourth-order valence-electron chi connectivity index (χ4n) is 3.85. The maximum Gasteiger partial charge on any atom is 0.414 e. The predicted octanol–water partition coefficient (Wildman–Crippen LogP) is 2.27. The van der Waals surface area contributed by atoms with Crippen LogP contribution >= 0.6 is 0 Å². The van der Waals surface area contributed by atoms with E-state index in [2.05, 4.69) is 5.32 Å². The third kappa shape index (κ3) is 5.43. The lowest BCUT2D eigenvalue weighted by atomic mass is 10.2. The number of carbonyl (C=O) groups is 3. The van der Waals surface area contributed by atoms with Crippen LogP contribution < -0.4 is 15.1 Å². The quantitative estimate of drug-likeness (QED) is 0.595. The Morgan fingerprint density at radius 1 is 1.17 bits per heavy atom. The van der Waals surface area contributed by atoms with Crippen LogP contribution in [0.15, 0.2) is 36.4 Å². The van der Waals surface area contributed by atoms with E-state index in [0.29, 0.717) is 6.41 Å². The average molecular weight is 492 g/mol. The summed E-state index contributed by atoms with van der Waals surface area (Å²) in [4.78, 5) is 43.2. The third-order valence-corrected chi connectivity index (χ3v) is 5.47. The summed E-state index contributed by atoms with van der Waals surface area (Å²) in [5.74, 6) is -2.55. The highest BCUT2D eigenvalue weighted by Crippen LogP contribution is 2.31. The number of phenols is 1. The van der Waals surface area contributed by atoms with Crippen LogP contribution in [0.25, 0.3) is 0 Å². The minimum atomic E-state index is -0.891. The number of para-hydroxylation sites is 1. The topological polar surface area (TPSA) is 112 Å². The van der Waals surface area contributed by atoms with E-state index >= 15 is 8.78 Å². The molecule has 188 valence electrons. The Morgan fingerprint density at radius 3 is 2.57 bits per heavy atom. The first-order chi connectivity index (χ1) is 16.4. The highest BCUT2D eigenvalue weighted by Gasteiger charge is 2.34. The van der Waals surface area contributed by atoms with Crippen LogP contribution in [-0.2, 0) is 14.4 Å². The molecule has 0 spiro atoms. The zero-order valence-electron chi connectivity index (χ0n) is 17.9. The minimum absolute atomic E-state index is 0. The van der Waals surface area contributed by atoms with E-state index in [1.54, 1.807) is 12.1 Å². The van der Waals surface area contributed by atoms with E-state index in [0.717, 1.165) is 22.1 Å². The molecule has 0 radical (unpaired) electrons. The van der Waals surface area contributed by atoms with Gasteiger partial charge in [0.1, 0.15) is 17.5 Å². The van der Waals surface area contributed by atoms with Crippen molar-refractivity contribution in [3.63, 3.8) is 0 Å². The molecule has 2 N–H and O–H groups in total. The smallest absolute Gasteiger partial charge is 0.414 e. The van der Waals surface area contributed by atoms with E-state index in [-0.39, 0.29) is 69.4 Å². The molecule has 0 aliphatic carbocycles. The van der Waals surface area contributed by atoms with Gasteiger partial charge in [-0.05, 0) is 12.1 Å². The zero-order valence-corrected chi connectivity index (χ0v) is 17.9. The summed E-state index contributed by atoms with van der Waals surface area (Å²) < 4.78 is 35.1. The van der Waals surface area contributed by atoms with E-state index in [9.17, 15) is 19.5 Å². The highest BCUT2D eigenvalue weighted by atomic mass is 19.1. The standard InChI is InChI=1S/C22H22F2N4O6.CH4/c23-17-9-14(27-12-15(11-25-13-29)34-22(27)32)10-18(24)20(17)26-5-6-28(33-8-7-26)21(31)16-3-1-2-4-19(16)30;/h1-4,9-10,13,15,30H,5-8,11-12H2,(H,25,29);1H4/t15-;/m0./s1. The van der Waals surface area contributed by atoms with Crippen molar-refractivity contribution >= 4 is 29.8 Å². The molecule has 2 aromatic rings. The number of halogens is 2. The Labute approximate surface area is 200 Å². The van der Waals surface area contributed by atoms with Gasteiger partial charge in [-0.25, -0.2) is 18.6 Å². The van der Waals surface area contributed by atoms with Gasteiger partial charge in [-0.3, -0.25) is 19.3 Å². The van der Waals surface area contributed by atoms with Gasteiger partial charge in [0.25, 0.3) is 5.91 Å². The molecule has 2 fully saturated rings. The first-order valence-electron chi connectivity index (χ1n) is 10.5. The van der Waals surface area contributed by atoms with Crippen molar-refractivity contribution in [1.82, 2.24) is 10.4 Å². The number of nitrogens with zero attached hydrogens (tertiary/aromatic N) is 3. The summed E-state index contributed by atoms with van der Waals surface area (Å²) in [5, 5.41) is 13.4. The van der Waals surface area contributed by atoms with Crippen molar-refractivity contribution in [2.75, 3.05) is 49.1 Å². The lowest BCUT2D eigenvalue weighted by Gasteiger charge is -2.24. The fraction of sp³-hybridized carbons (Fsp3) is 0.348. The number of hydrogen-bond donors (Lipinski definition) is 2. The maximum absolute atomic E-state index is 15.0. The Morgan fingerprint density at radius 2 is 1.89 bits per heavy atom. The van der Waals surface area contributed by atoms with Crippen LogP contribution in [0.3, 0.4) is 0 Å². The monoisotopic (exact) mass is 492 g/mol. The maximum atomic E-state index is 15.0. The number of carbonyl (C=O) groups excluding carboxylic acids is 3. The number of hydrogen-bond acceptors (Lipinski definition) is 7. The molecule has 2 aliphatic rings. The van der Waals surface area contributed by atoms with Gasteiger partial charge in [-0.1, -0.05) is 19.6 Å². The predicted molar refractivity (Wildman–Crippen MR) is 122 cm³/mol. The van der Waals surface area contributed by atoms with Crippen molar-refractivity contribution in [3.05, 3.63) is 53.6 Å². The van der Waals surface area contributed by atoms with E-state index in [1.807, 2.05) is 0 Å². The van der Waals surface area contributed by atoms with Gasteiger partial charge in [0.15, 0.2) is 11.6 Å². The van der Waals surface area contributed by atoms with Crippen LogP contribution in [0.5, 0.6) is 5.75 Å². The number of ether oxygens (including phenoxy) is 1. The van der Waals surface area contributed by atoms with Crippen LogP contribution in [0.1, 0.15) is 17.8 Å². The molecule has 0 aromatic heterocycles. The molecule has 4 rings (SSSR count). The number of amides is 3. The number of aromatic hydroxyl groups is 1. The highest BCUT2D eigenvalue weighted by molar-refractivity contribution is 5.96. The number of hydroxylamine groups is 2. The van der Waals surface area contributed by atoms with Gasteiger partial charge in [-0.2, -0.15) is 0 Å². The number of benzene rings is 2. The average Bonchev–Trinajstić information content (AvgIpc) is 3.02. The van der Waals surface area contributed by atoms with Crippen molar-refractivity contribution in [3.8, 4) is 5.75 Å². The number of rotatable bonds is 6.